The van der Waals surface area contributed by atoms with Crippen molar-refractivity contribution < 1.29 is 14.3 Å². The average Bonchev–Trinajstić information content (AvgIpc) is 3.28. The quantitative estimate of drug-likeness (QED) is 0.811. The number of nitrogens with one attached hydrogen (secondary N) is 1. The molecule has 29 heavy (non-hydrogen) atoms. The number of benzene rings is 1. The van der Waals surface area contributed by atoms with Gasteiger partial charge < -0.3 is 20.4 Å². The Bertz CT molecular complexity index is 968. The summed E-state index contributed by atoms with van der Waals surface area (Å²) in [6, 6.07) is 5.80. The molecular weight excluding hydrogens is 366 g/mol. The van der Waals surface area contributed by atoms with Crippen LogP contribution in [-0.4, -0.2) is 35.5 Å². The smallest absolute Gasteiger partial charge is 0.250 e. The number of rotatable bonds is 5. The lowest BCUT2D eigenvalue weighted by Crippen LogP contribution is -2.28. The van der Waals surface area contributed by atoms with E-state index in [2.05, 4.69) is 36.9 Å². The predicted molar refractivity (Wildman–Crippen MR) is 113 cm³/mol. The van der Waals surface area contributed by atoms with Crippen LogP contribution in [0.15, 0.2) is 24.4 Å². The zero-order valence-electron chi connectivity index (χ0n) is 17.4. The van der Waals surface area contributed by atoms with Gasteiger partial charge in [-0.15, -0.1) is 0 Å². The third kappa shape index (κ3) is 3.69. The molecule has 3 N–H and O–H groups in total. The van der Waals surface area contributed by atoms with E-state index in [4.69, 9.17) is 10.5 Å². The van der Waals surface area contributed by atoms with Crippen LogP contribution in [0.1, 0.15) is 65.6 Å². The van der Waals surface area contributed by atoms with Crippen molar-refractivity contribution >= 4 is 17.4 Å². The molecule has 1 aromatic carbocycles. The van der Waals surface area contributed by atoms with Crippen molar-refractivity contribution in [1.29, 1.82) is 0 Å². The van der Waals surface area contributed by atoms with Crippen molar-refractivity contribution in [2.75, 3.05) is 18.5 Å². The van der Waals surface area contributed by atoms with Gasteiger partial charge in [-0.1, -0.05) is 20.8 Å². The van der Waals surface area contributed by atoms with Crippen LogP contribution in [0, 0.1) is 5.41 Å². The summed E-state index contributed by atoms with van der Waals surface area (Å²) in [6.07, 6.45) is 5.19. The molecule has 6 nitrogen and oxygen atoms in total. The van der Waals surface area contributed by atoms with Gasteiger partial charge in [-0.2, -0.15) is 0 Å². The van der Waals surface area contributed by atoms with Gasteiger partial charge in [-0.05, 0) is 48.4 Å². The predicted octanol–water partition coefficient (Wildman–Crippen LogP) is 3.49. The minimum Gasteiger partial charge on any atom is -0.379 e. The van der Waals surface area contributed by atoms with E-state index in [1.807, 2.05) is 12.1 Å². The van der Waals surface area contributed by atoms with Gasteiger partial charge in [0, 0.05) is 41.9 Å². The lowest BCUT2D eigenvalue weighted by atomic mass is 9.75. The number of aryl methyl sites for hydroxylation is 1. The van der Waals surface area contributed by atoms with E-state index in [9.17, 15) is 9.59 Å². The number of carbonyl (C=O) groups excluding carboxylic acids is 2. The number of carbonyl (C=O) groups is 2. The second-order valence-electron chi connectivity index (χ2n) is 8.94. The summed E-state index contributed by atoms with van der Waals surface area (Å²) < 4.78 is 7.57. The van der Waals surface area contributed by atoms with E-state index in [-0.39, 0.29) is 17.2 Å². The number of amides is 1. The normalized spacial score (nSPS) is 20.5. The largest absolute Gasteiger partial charge is 0.379 e. The number of Topliss-reactive ketones (excluding diaryl/α,β-unsaturated/α-hetero) is 1. The molecule has 1 atom stereocenters. The molecule has 1 aromatic heterocycles. The molecule has 1 fully saturated rings. The molecule has 0 saturated carbocycles. The van der Waals surface area contributed by atoms with E-state index < -0.39 is 5.91 Å². The maximum Gasteiger partial charge on any atom is 0.250 e. The SMILES string of the molecule is CCc1cn(-c2ccc(C(N)=O)c(NC3CCOC3)c2)c2c1C(=O)CC(C)(C)C2. The second-order valence-corrected chi connectivity index (χ2v) is 8.94. The van der Waals surface area contributed by atoms with Crippen molar-refractivity contribution in [3.05, 3.63) is 46.8 Å². The Morgan fingerprint density at radius 3 is 2.79 bits per heavy atom. The summed E-state index contributed by atoms with van der Waals surface area (Å²) in [5, 5.41) is 3.42. The molecule has 1 aliphatic carbocycles. The van der Waals surface area contributed by atoms with Gasteiger partial charge in [-0.3, -0.25) is 9.59 Å². The fourth-order valence-corrected chi connectivity index (χ4v) is 4.54. The van der Waals surface area contributed by atoms with Gasteiger partial charge in [0.25, 0.3) is 5.91 Å². The fraction of sp³-hybridized carbons (Fsp3) is 0.478. The van der Waals surface area contributed by atoms with Gasteiger partial charge in [0.2, 0.25) is 0 Å². The molecule has 154 valence electrons. The summed E-state index contributed by atoms with van der Waals surface area (Å²) in [5.41, 5.74) is 10.7. The van der Waals surface area contributed by atoms with Crippen molar-refractivity contribution in [1.82, 2.24) is 4.57 Å². The number of aromatic nitrogens is 1. The van der Waals surface area contributed by atoms with Crippen LogP contribution in [0.4, 0.5) is 5.69 Å². The van der Waals surface area contributed by atoms with Gasteiger partial charge >= 0.3 is 0 Å². The lowest BCUT2D eigenvalue weighted by molar-refractivity contribution is 0.0909. The number of ketones is 1. The molecule has 0 radical (unpaired) electrons. The highest BCUT2D eigenvalue weighted by Crippen LogP contribution is 2.38. The van der Waals surface area contributed by atoms with Crippen LogP contribution in [0.25, 0.3) is 5.69 Å². The van der Waals surface area contributed by atoms with E-state index in [0.29, 0.717) is 30.9 Å². The molecule has 6 heteroatoms. The number of anilines is 1. The summed E-state index contributed by atoms with van der Waals surface area (Å²) in [6.45, 7) is 7.69. The zero-order chi connectivity index (χ0) is 20.8. The number of nitrogens with two attached hydrogens (primary N) is 1. The van der Waals surface area contributed by atoms with Gasteiger partial charge in [-0.25, -0.2) is 0 Å². The Morgan fingerprint density at radius 1 is 1.34 bits per heavy atom. The van der Waals surface area contributed by atoms with Crippen LogP contribution in [0.5, 0.6) is 0 Å². The number of fused-ring (bicyclic) bond motifs is 1. The molecule has 2 heterocycles. The highest BCUT2D eigenvalue weighted by molar-refractivity contribution is 6.01. The Labute approximate surface area is 171 Å². The van der Waals surface area contributed by atoms with E-state index in [1.165, 1.54) is 0 Å². The maximum absolute atomic E-state index is 12.9. The third-order valence-electron chi connectivity index (χ3n) is 5.97. The molecule has 0 bridgehead atoms. The van der Waals surface area contributed by atoms with Crippen molar-refractivity contribution in [2.45, 2.75) is 52.5 Å². The zero-order valence-corrected chi connectivity index (χ0v) is 17.4. The lowest BCUT2D eigenvalue weighted by Gasteiger charge is -2.30. The third-order valence-corrected chi connectivity index (χ3v) is 5.97. The summed E-state index contributed by atoms with van der Waals surface area (Å²) >= 11 is 0. The second kappa shape index (κ2) is 7.34. The highest BCUT2D eigenvalue weighted by atomic mass is 16.5. The molecule has 1 amide bonds. The molecule has 4 rings (SSSR count). The Morgan fingerprint density at radius 2 is 2.14 bits per heavy atom. The van der Waals surface area contributed by atoms with Crippen molar-refractivity contribution in [3.8, 4) is 5.69 Å². The maximum atomic E-state index is 12.9. The van der Waals surface area contributed by atoms with Gasteiger partial charge in [0.15, 0.2) is 5.78 Å². The number of hydrogen-bond donors (Lipinski definition) is 2. The number of ether oxygens (including phenoxy) is 1. The number of nitrogens with zero attached hydrogens (tertiary/aromatic N) is 1. The van der Waals surface area contributed by atoms with Crippen LogP contribution in [0.2, 0.25) is 0 Å². The summed E-state index contributed by atoms with van der Waals surface area (Å²) in [7, 11) is 0. The first-order chi connectivity index (χ1) is 13.8. The molecule has 2 aromatic rings. The molecule has 1 saturated heterocycles. The van der Waals surface area contributed by atoms with Crippen LogP contribution in [-0.2, 0) is 17.6 Å². The molecular formula is C23H29N3O3. The molecule has 1 unspecified atom stereocenters. The first-order valence-electron chi connectivity index (χ1n) is 10.3. The fourth-order valence-electron chi connectivity index (χ4n) is 4.54. The van der Waals surface area contributed by atoms with Crippen LogP contribution >= 0.6 is 0 Å². The van der Waals surface area contributed by atoms with E-state index in [0.717, 1.165) is 41.8 Å². The topological polar surface area (TPSA) is 86.3 Å². The Kier molecular flexibility index (Phi) is 4.99. The first kappa shape index (κ1) is 19.7. The summed E-state index contributed by atoms with van der Waals surface area (Å²) in [4.78, 5) is 24.8. The van der Waals surface area contributed by atoms with E-state index >= 15 is 0 Å². The van der Waals surface area contributed by atoms with Crippen LogP contribution in [0.3, 0.4) is 0 Å². The Balaban J connectivity index is 1.81. The molecule has 1 aliphatic heterocycles. The molecule has 2 aliphatic rings. The number of hydrogen-bond acceptors (Lipinski definition) is 4. The van der Waals surface area contributed by atoms with Gasteiger partial charge in [0.05, 0.1) is 18.2 Å². The standard InChI is InChI=1S/C23H29N3O3/c1-4-14-12-26(19-10-23(2,3)11-20(27)21(14)19)16-5-6-17(22(24)28)18(9-16)25-15-7-8-29-13-15/h5-6,9,12,15,25H,4,7-8,10-11,13H2,1-3H3,(H2,24,28). The average molecular weight is 396 g/mol. The van der Waals surface area contributed by atoms with Crippen LogP contribution < -0.4 is 11.1 Å². The van der Waals surface area contributed by atoms with Crippen molar-refractivity contribution in [3.63, 3.8) is 0 Å². The number of primary amides is 1. The Hall–Kier alpha value is -2.60. The van der Waals surface area contributed by atoms with Crippen molar-refractivity contribution in [2.24, 2.45) is 11.1 Å². The van der Waals surface area contributed by atoms with E-state index in [1.54, 1.807) is 6.07 Å². The minimum atomic E-state index is -0.460. The highest BCUT2D eigenvalue weighted by Gasteiger charge is 2.35. The monoisotopic (exact) mass is 395 g/mol. The summed E-state index contributed by atoms with van der Waals surface area (Å²) in [5.74, 6) is -0.236. The first-order valence-corrected chi connectivity index (χ1v) is 10.3. The van der Waals surface area contributed by atoms with Gasteiger partial charge in [0.1, 0.15) is 0 Å². The molecule has 0 spiro atoms. The minimum absolute atomic E-state index is 0.0688.